The number of imide groups is 2. The molecule has 0 aromatic heterocycles. The van der Waals surface area contributed by atoms with Crippen LogP contribution in [0.3, 0.4) is 0 Å². The van der Waals surface area contributed by atoms with Gasteiger partial charge in [-0.25, -0.2) is 0 Å². The zero-order chi connectivity index (χ0) is 26.4. The summed E-state index contributed by atoms with van der Waals surface area (Å²) in [6.45, 7) is 1.05. The summed E-state index contributed by atoms with van der Waals surface area (Å²) in [4.78, 5) is 73.3. The van der Waals surface area contributed by atoms with E-state index in [9.17, 15) is 28.8 Å². The summed E-state index contributed by atoms with van der Waals surface area (Å²) >= 11 is 0. The van der Waals surface area contributed by atoms with E-state index >= 15 is 0 Å². The van der Waals surface area contributed by atoms with Crippen molar-refractivity contribution in [1.29, 1.82) is 0 Å². The molecule has 2 aromatic carbocycles. The van der Waals surface area contributed by atoms with E-state index in [0.717, 1.165) is 24.2 Å². The summed E-state index contributed by atoms with van der Waals surface area (Å²) in [7, 11) is 0. The predicted octanol–water partition coefficient (Wildman–Crippen LogP) is 1.67. The maximum absolute atomic E-state index is 13.1. The molecule has 2 aliphatic rings. The van der Waals surface area contributed by atoms with E-state index in [2.05, 4.69) is 21.3 Å². The Kier molecular flexibility index (Phi) is 7.92. The van der Waals surface area contributed by atoms with Gasteiger partial charge in [0.1, 0.15) is 6.04 Å². The molecule has 4 rings (SSSR count). The number of anilines is 2. The van der Waals surface area contributed by atoms with E-state index in [4.69, 9.17) is 0 Å². The SMILES string of the molecule is O=CNc1ccc(C(=O)NCCCCCNc2cccc3c2C(=O)N(C2CCC(=O)NC2=O)C3=O)cc1. The van der Waals surface area contributed by atoms with Crippen molar-refractivity contribution in [2.24, 2.45) is 0 Å². The molecule has 0 bridgehead atoms. The number of hydrogen-bond donors (Lipinski definition) is 4. The van der Waals surface area contributed by atoms with Gasteiger partial charge in [0.2, 0.25) is 18.2 Å². The van der Waals surface area contributed by atoms with Crippen LogP contribution in [-0.2, 0) is 14.4 Å². The van der Waals surface area contributed by atoms with Gasteiger partial charge in [0.15, 0.2) is 0 Å². The molecular formula is C26H27N5O6. The number of hydrogen-bond acceptors (Lipinski definition) is 7. The summed E-state index contributed by atoms with van der Waals surface area (Å²) in [6.07, 6.45) is 3.09. The molecule has 4 N–H and O–H groups in total. The first-order chi connectivity index (χ1) is 17.9. The molecule has 1 fully saturated rings. The molecule has 0 spiro atoms. The van der Waals surface area contributed by atoms with E-state index in [0.29, 0.717) is 36.4 Å². The quantitative estimate of drug-likeness (QED) is 0.206. The topological polar surface area (TPSA) is 154 Å². The predicted molar refractivity (Wildman–Crippen MR) is 134 cm³/mol. The second-order valence-corrected chi connectivity index (χ2v) is 8.76. The van der Waals surface area contributed by atoms with Gasteiger partial charge < -0.3 is 16.0 Å². The third-order valence-corrected chi connectivity index (χ3v) is 6.30. The number of carbonyl (C=O) groups is 6. The Labute approximate surface area is 213 Å². The lowest BCUT2D eigenvalue weighted by molar-refractivity contribution is -0.136. The molecule has 0 radical (unpaired) electrons. The van der Waals surface area contributed by atoms with E-state index in [-0.39, 0.29) is 29.9 Å². The Balaban J connectivity index is 1.23. The number of rotatable bonds is 11. The largest absolute Gasteiger partial charge is 0.384 e. The molecule has 1 saturated heterocycles. The summed E-state index contributed by atoms with van der Waals surface area (Å²) < 4.78 is 0. The van der Waals surface area contributed by atoms with Gasteiger partial charge in [0.05, 0.1) is 11.1 Å². The van der Waals surface area contributed by atoms with Crippen LogP contribution in [0, 0.1) is 0 Å². The number of nitrogens with zero attached hydrogens (tertiary/aromatic N) is 1. The second kappa shape index (κ2) is 11.5. The number of unbranched alkanes of at least 4 members (excludes halogenated alkanes) is 2. The van der Waals surface area contributed by atoms with Gasteiger partial charge in [0.25, 0.3) is 17.7 Å². The van der Waals surface area contributed by atoms with Crippen molar-refractivity contribution in [2.45, 2.75) is 38.1 Å². The summed E-state index contributed by atoms with van der Waals surface area (Å²) in [5.41, 5.74) is 2.10. The Bertz CT molecular complexity index is 1240. The molecule has 2 heterocycles. The van der Waals surface area contributed by atoms with E-state index in [1.54, 1.807) is 42.5 Å². The number of benzene rings is 2. The first-order valence-corrected chi connectivity index (χ1v) is 12.1. The highest BCUT2D eigenvalue weighted by atomic mass is 16.2. The van der Waals surface area contributed by atoms with Crippen molar-refractivity contribution < 1.29 is 28.8 Å². The van der Waals surface area contributed by atoms with Gasteiger partial charge in [-0.15, -0.1) is 0 Å². The molecule has 11 heteroatoms. The average Bonchev–Trinajstić information content (AvgIpc) is 3.14. The molecule has 2 aromatic rings. The highest BCUT2D eigenvalue weighted by Gasteiger charge is 2.45. The minimum atomic E-state index is -1.00. The molecule has 11 nitrogen and oxygen atoms in total. The van der Waals surface area contributed by atoms with Crippen LogP contribution in [0.4, 0.5) is 11.4 Å². The molecule has 2 aliphatic heterocycles. The third-order valence-electron chi connectivity index (χ3n) is 6.30. The van der Waals surface area contributed by atoms with Crippen molar-refractivity contribution >= 4 is 47.3 Å². The fraction of sp³-hybridized carbons (Fsp3) is 0.308. The first-order valence-electron chi connectivity index (χ1n) is 12.1. The molecule has 192 valence electrons. The van der Waals surface area contributed by atoms with Gasteiger partial charge in [-0.2, -0.15) is 0 Å². The van der Waals surface area contributed by atoms with E-state index in [1.807, 2.05) is 0 Å². The minimum absolute atomic E-state index is 0.0700. The molecule has 0 saturated carbocycles. The number of amides is 6. The summed E-state index contributed by atoms with van der Waals surface area (Å²) in [5.74, 6) is -2.33. The maximum Gasteiger partial charge on any atom is 0.264 e. The fourth-order valence-corrected chi connectivity index (χ4v) is 4.40. The Morgan fingerprint density at radius 2 is 1.73 bits per heavy atom. The standard InChI is InChI=1S/C26H27N5O6/c32-15-29-17-9-7-16(8-10-17)23(34)28-14-3-1-2-13-27-19-6-4-5-18-22(19)26(37)31(25(18)36)20-11-12-21(33)30-24(20)35/h4-10,15,20,27H,1-3,11-14H2,(H,28,34)(H,29,32)(H,30,33,35). The lowest BCUT2D eigenvalue weighted by Crippen LogP contribution is -2.54. The van der Waals surface area contributed by atoms with E-state index in [1.165, 1.54) is 0 Å². The van der Waals surface area contributed by atoms with Gasteiger partial charge in [-0.1, -0.05) is 6.07 Å². The minimum Gasteiger partial charge on any atom is -0.384 e. The Hall–Kier alpha value is -4.54. The second-order valence-electron chi connectivity index (χ2n) is 8.76. The first kappa shape index (κ1) is 25.5. The van der Waals surface area contributed by atoms with Crippen molar-refractivity contribution in [3.05, 3.63) is 59.2 Å². The zero-order valence-corrected chi connectivity index (χ0v) is 20.0. The van der Waals surface area contributed by atoms with Crippen molar-refractivity contribution in [1.82, 2.24) is 15.5 Å². The van der Waals surface area contributed by atoms with Crippen LogP contribution in [0.5, 0.6) is 0 Å². The van der Waals surface area contributed by atoms with Gasteiger partial charge in [-0.3, -0.25) is 39.0 Å². The van der Waals surface area contributed by atoms with Crippen LogP contribution in [0.1, 0.15) is 63.2 Å². The van der Waals surface area contributed by atoms with Gasteiger partial charge >= 0.3 is 0 Å². The summed E-state index contributed by atoms with van der Waals surface area (Å²) in [5, 5.41) is 10.8. The highest BCUT2D eigenvalue weighted by molar-refractivity contribution is 6.25. The van der Waals surface area contributed by atoms with Crippen LogP contribution in [-0.4, -0.2) is 60.0 Å². The monoisotopic (exact) mass is 505 g/mol. The third kappa shape index (κ3) is 5.66. The molecule has 1 atom stereocenters. The highest BCUT2D eigenvalue weighted by Crippen LogP contribution is 2.32. The van der Waals surface area contributed by atoms with Gasteiger partial charge in [0, 0.05) is 36.4 Å². The molecule has 1 unspecified atom stereocenters. The van der Waals surface area contributed by atoms with Gasteiger partial charge in [-0.05, 0) is 62.1 Å². The molecule has 6 amide bonds. The Morgan fingerprint density at radius 1 is 0.973 bits per heavy atom. The molecular weight excluding hydrogens is 478 g/mol. The average molecular weight is 506 g/mol. The van der Waals surface area contributed by atoms with E-state index < -0.39 is 29.7 Å². The van der Waals surface area contributed by atoms with Crippen LogP contribution in [0.2, 0.25) is 0 Å². The fourth-order valence-electron chi connectivity index (χ4n) is 4.40. The Morgan fingerprint density at radius 3 is 2.46 bits per heavy atom. The van der Waals surface area contributed by atoms with Crippen LogP contribution >= 0.6 is 0 Å². The maximum atomic E-state index is 13.1. The smallest absolute Gasteiger partial charge is 0.264 e. The number of fused-ring (bicyclic) bond motifs is 1. The molecule has 37 heavy (non-hydrogen) atoms. The number of nitrogens with one attached hydrogen (secondary N) is 4. The molecule has 0 aliphatic carbocycles. The van der Waals surface area contributed by atoms with Crippen LogP contribution < -0.4 is 21.3 Å². The van der Waals surface area contributed by atoms with Crippen molar-refractivity contribution in [3.8, 4) is 0 Å². The van der Waals surface area contributed by atoms with Crippen LogP contribution in [0.25, 0.3) is 0 Å². The number of carbonyl (C=O) groups excluding carboxylic acids is 6. The normalized spacial score (nSPS) is 16.8. The lowest BCUT2D eigenvalue weighted by atomic mass is 10.0. The van der Waals surface area contributed by atoms with Crippen LogP contribution in [0.15, 0.2) is 42.5 Å². The van der Waals surface area contributed by atoms with Crippen molar-refractivity contribution in [2.75, 3.05) is 23.7 Å². The number of piperidine rings is 1. The summed E-state index contributed by atoms with van der Waals surface area (Å²) in [6, 6.07) is 10.5. The van der Waals surface area contributed by atoms with Crippen molar-refractivity contribution in [3.63, 3.8) is 0 Å². The lowest BCUT2D eigenvalue weighted by Gasteiger charge is -2.27. The zero-order valence-electron chi connectivity index (χ0n) is 20.0.